The van der Waals surface area contributed by atoms with Gasteiger partial charge in [0.1, 0.15) is 11.9 Å². The first-order valence-electron chi connectivity index (χ1n) is 7.28. The van der Waals surface area contributed by atoms with Crippen LogP contribution in [0.2, 0.25) is 0 Å². The normalized spacial score (nSPS) is 12.6. The number of nitrogens with one attached hydrogen (secondary N) is 1. The maximum Gasteiger partial charge on any atom is 0.407 e. The number of rotatable bonds is 6. The molecule has 1 N–H and O–H groups in total. The van der Waals surface area contributed by atoms with Crippen molar-refractivity contribution in [3.05, 3.63) is 35.4 Å². The van der Waals surface area contributed by atoms with Crippen LogP contribution in [0.3, 0.4) is 0 Å². The highest BCUT2D eigenvalue weighted by molar-refractivity contribution is 5.68. The first-order chi connectivity index (χ1) is 9.81. The lowest BCUT2D eigenvalue weighted by molar-refractivity contribution is -0.111. The quantitative estimate of drug-likeness (QED) is 0.818. The largest absolute Gasteiger partial charge is 0.444 e. The second-order valence-electron chi connectivity index (χ2n) is 6.24. The van der Waals surface area contributed by atoms with Gasteiger partial charge in [-0.3, -0.25) is 0 Å². The third kappa shape index (κ3) is 6.93. The van der Waals surface area contributed by atoms with Crippen molar-refractivity contribution in [2.45, 2.75) is 46.1 Å². The molecule has 0 aliphatic heterocycles. The minimum atomic E-state index is -0.526. The van der Waals surface area contributed by atoms with Crippen molar-refractivity contribution in [1.82, 2.24) is 5.32 Å². The van der Waals surface area contributed by atoms with Crippen LogP contribution in [0.4, 0.5) is 4.79 Å². The van der Waals surface area contributed by atoms with Crippen LogP contribution in [0, 0.1) is 12.8 Å². The molecule has 116 valence electrons. The summed E-state index contributed by atoms with van der Waals surface area (Å²) in [5.41, 5.74) is 1.94. The molecule has 1 atom stereocenters. The molecule has 0 spiro atoms. The fourth-order valence-electron chi connectivity index (χ4n) is 1.98. The topological polar surface area (TPSA) is 55.4 Å². The van der Waals surface area contributed by atoms with Gasteiger partial charge in [-0.2, -0.15) is 0 Å². The van der Waals surface area contributed by atoms with Gasteiger partial charge in [0.15, 0.2) is 0 Å². The predicted molar refractivity (Wildman–Crippen MR) is 83.3 cm³/mol. The lowest BCUT2D eigenvalue weighted by Gasteiger charge is -2.20. The van der Waals surface area contributed by atoms with E-state index < -0.39 is 11.7 Å². The highest BCUT2D eigenvalue weighted by Gasteiger charge is 2.17. The van der Waals surface area contributed by atoms with E-state index in [1.54, 1.807) is 0 Å². The second-order valence-corrected chi connectivity index (χ2v) is 6.24. The molecule has 0 aliphatic carbocycles. The van der Waals surface area contributed by atoms with Crippen LogP contribution < -0.4 is 5.32 Å². The van der Waals surface area contributed by atoms with Crippen LogP contribution in [0.1, 0.15) is 38.3 Å². The molecular formula is C17H25NO3. The van der Waals surface area contributed by atoms with E-state index in [-0.39, 0.29) is 5.92 Å². The minimum Gasteiger partial charge on any atom is -0.444 e. The number of aryl methyl sites for hydroxylation is 2. The summed E-state index contributed by atoms with van der Waals surface area (Å²) in [6.07, 6.45) is 1.96. The fraction of sp³-hybridized carbons (Fsp3) is 0.529. The number of amides is 1. The van der Waals surface area contributed by atoms with Gasteiger partial charge >= 0.3 is 6.09 Å². The van der Waals surface area contributed by atoms with Crippen molar-refractivity contribution in [2.24, 2.45) is 5.92 Å². The summed E-state index contributed by atoms with van der Waals surface area (Å²) in [5, 5.41) is 2.65. The molecule has 0 saturated heterocycles. The maximum absolute atomic E-state index is 11.6. The number of hydrogen-bond acceptors (Lipinski definition) is 3. The summed E-state index contributed by atoms with van der Waals surface area (Å²) in [7, 11) is 0. The van der Waals surface area contributed by atoms with Gasteiger partial charge < -0.3 is 14.8 Å². The molecule has 1 aromatic carbocycles. The molecular weight excluding hydrogens is 266 g/mol. The van der Waals surface area contributed by atoms with E-state index in [0.29, 0.717) is 13.0 Å². The molecule has 1 unspecified atom stereocenters. The summed E-state index contributed by atoms with van der Waals surface area (Å²) in [6, 6.07) is 8.12. The predicted octanol–water partition coefficient (Wildman–Crippen LogP) is 3.27. The van der Waals surface area contributed by atoms with Crippen LogP contribution in [0.5, 0.6) is 0 Å². The Balaban J connectivity index is 2.41. The zero-order valence-corrected chi connectivity index (χ0v) is 13.3. The molecule has 0 heterocycles. The standard InChI is InChI=1S/C17H25NO3/c1-13-7-5-6-8-15(13)10-9-14(12-19)11-18-16(20)21-17(2,3)4/h5-8,12,14H,9-11H2,1-4H3,(H,18,20). The van der Waals surface area contributed by atoms with Gasteiger partial charge in [-0.15, -0.1) is 0 Å². The zero-order chi connectivity index (χ0) is 15.9. The van der Waals surface area contributed by atoms with E-state index in [9.17, 15) is 9.59 Å². The molecule has 0 aromatic heterocycles. The lowest BCUT2D eigenvalue weighted by Crippen LogP contribution is -2.35. The third-order valence-corrected chi connectivity index (χ3v) is 3.15. The Morgan fingerprint density at radius 3 is 2.57 bits per heavy atom. The van der Waals surface area contributed by atoms with Crippen molar-refractivity contribution in [2.75, 3.05) is 6.54 Å². The molecule has 0 aliphatic rings. The smallest absolute Gasteiger partial charge is 0.407 e. The van der Waals surface area contributed by atoms with E-state index in [1.165, 1.54) is 11.1 Å². The zero-order valence-electron chi connectivity index (χ0n) is 13.3. The van der Waals surface area contributed by atoms with E-state index >= 15 is 0 Å². The highest BCUT2D eigenvalue weighted by Crippen LogP contribution is 2.13. The van der Waals surface area contributed by atoms with E-state index in [4.69, 9.17) is 4.74 Å². The lowest BCUT2D eigenvalue weighted by atomic mass is 9.98. The van der Waals surface area contributed by atoms with Gasteiger partial charge in [0.05, 0.1) is 0 Å². The number of carbonyl (C=O) groups is 2. The molecule has 0 fully saturated rings. The number of alkyl carbamates (subject to hydrolysis) is 1. The Morgan fingerprint density at radius 1 is 1.33 bits per heavy atom. The summed E-state index contributed by atoms with van der Waals surface area (Å²) in [5.74, 6) is -0.197. The van der Waals surface area contributed by atoms with Crippen molar-refractivity contribution >= 4 is 12.4 Å². The molecule has 1 amide bonds. The van der Waals surface area contributed by atoms with Crippen molar-refractivity contribution < 1.29 is 14.3 Å². The Morgan fingerprint density at radius 2 is 2.00 bits per heavy atom. The molecule has 0 saturated carbocycles. The number of hydrogen-bond donors (Lipinski definition) is 1. The summed E-state index contributed by atoms with van der Waals surface area (Å²) >= 11 is 0. The number of ether oxygens (including phenoxy) is 1. The summed E-state index contributed by atoms with van der Waals surface area (Å²) in [6.45, 7) is 7.79. The number of aldehydes is 1. The van der Waals surface area contributed by atoms with Crippen LogP contribution in [-0.2, 0) is 16.0 Å². The van der Waals surface area contributed by atoms with E-state index in [1.807, 2.05) is 32.9 Å². The molecule has 1 aromatic rings. The number of benzene rings is 1. The van der Waals surface area contributed by atoms with Crippen LogP contribution in [0.25, 0.3) is 0 Å². The highest BCUT2D eigenvalue weighted by atomic mass is 16.6. The van der Waals surface area contributed by atoms with Crippen LogP contribution in [-0.4, -0.2) is 24.5 Å². The van der Waals surface area contributed by atoms with Gasteiger partial charge in [-0.1, -0.05) is 24.3 Å². The van der Waals surface area contributed by atoms with Gasteiger partial charge in [-0.05, 0) is 51.7 Å². The Hall–Kier alpha value is -1.84. The molecule has 0 bridgehead atoms. The van der Waals surface area contributed by atoms with Gasteiger partial charge in [0.2, 0.25) is 0 Å². The fourth-order valence-corrected chi connectivity index (χ4v) is 1.98. The SMILES string of the molecule is Cc1ccccc1CCC(C=O)CNC(=O)OC(C)(C)C. The third-order valence-electron chi connectivity index (χ3n) is 3.15. The van der Waals surface area contributed by atoms with Gasteiger partial charge in [0.25, 0.3) is 0 Å². The summed E-state index contributed by atoms with van der Waals surface area (Å²) < 4.78 is 5.15. The second kappa shape index (κ2) is 7.81. The monoisotopic (exact) mass is 291 g/mol. The molecule has 21 heavy (non-hydrogen) atoms. The first kappa shape index (κ1) is 17.2. The average molecular weight is 291 g/mol. The minimum absolute atomic E-state index is 0.197. The average Bonchev–Trinajstić information content (AvgIpc) is 2.38. The van der Waals surface area contributed by atoms with Crippen molar-refractivity contribution in [1.29, 1.82) is 0 Å². The number of carbonyl (C=O) groups excluding carboxylic acids is 2. The van der Waals surface area contributed by atoms with E-state index in [2.05, 4.69) is 24.4 Å². The van der Waals surface area contributed by atoms with Gasteiger partial charge in [0, 0.05) is 12.5 Å². The molecule has 0 radical (unpaired) electrons. The maximum atomic E-state index is 11.6. The Bertz CT molecular complexity index is 477. The first-order valence-corrected chi connectivity index (χ1v) is 7.28. The Labute approximate surface area is 126 Å². The van der Waals surface area contributed by atoms with E-state index in [0.717, 1.165) is 12.7 Å². The van der Waals surface area contributed by atoms with Crippen LogP contribution >= 0.6 is 0 Å². The van der Waals surface area contributed by atoms with Crippen molar-refractivity contribution in [3.63, 3.8) is 0 Å². The molecule has 1 rings (SSSR count). The van der Waals surface area contributed by atoms with Crippen molar-refractivity contribution in [3.8, 4) is 0 Å². The summed E-state index contributed by atoms with van der Waals surface area (Å²) in [4.78, 5) is 22.7. The Kier molecular flexibility index (Phi) is 6.40. The van der Waals surface area contributed by atoms with Gasteiger partial charge in [-0.25, -0.2) is 4.79 Å². The van der Waals surface area contributed by atoms with Crippen LogP contribution in [0.15, 0.2) is 24.3 Å². The molecule has 4 heteroatoms. The molecule has 4 nitrogen and oxygen atoms in total.